The molecule has 0 amide bonds. The SMILES string of the molecule is CCCCC[C@H](O)C=C[C@H]1[C@H](O)CC(=O)[C@@H]1CCCCCCC(=O)OC(C)C. The van der Waals surface area contributed by atoms with Crippen LogP contribution in [0.25, 0.3) is 0 Å². The van der Waals surface area contributed by atoms with Crippen molar-refractivity contribution in [2.24, 2.45) is 11.8 Å². The van der Waals surface area contributed by atoms with Crippen molar-refractivity contribution in [2.75, 3.05) is 0 Å². The summed E-state index contributed by atoms with van der Waals surface area (Å²) in [6.45, 7) is 5.82. The van der Waals surface area contributed by atoms with Gasteiger partial charge in [0.15, 0.2) is 0 Å². The largest absolute Gasteiger partial charge is 0.463 e. The zero-order valence-corrected chi connectivity index (χ0v) is 17.9. The summed E-state index contributed by atoms with van der Waals surface area (Å²) in [5.41, 5.74) is 0. The molecule has 0 aromatic heterocycles. The quantitative estimate of drug-likeness (QED) is 0.259. The first kappa shape index (κ1) is 24.8. The Morgan fingerprint density at radius 3 is 2.57 bits per heavy atom. The van der Waals surface area contributed by atoms with Gasteiger partial charge in [0, 0.05) is 24.7 Å². The Kier molecular flexibility index (Phi) is 12.3. The Labute approximate surface area is 170 Å². The first-order valence-corrected chi connectivity index (χ1v) is 11.1. The Morgan fingerprint density at radius 2 is 1.89 bits per heavy atom. The molecule has 5 heteroatoms. The molecule has 5 nitrogen and oxygen atoms in total. The van der Waals surface area contributed by atoms with Crippen molar-refractivity contribution in [1.29, 1.82) is 0 Å². The summed E-state index contributed by atoms with van der Waals surface area (Å²) < 4.78 is 5.12. The molecule has 0 saturated heterocycles. The van der Waals surface area contributed by atoms with E-state index in [4.69, 9.17) is 4.74 Å². The van der Waals surface area contributed by atoms with Crippen LogP contribution in [0.2, 0.25) is 0 Å². The Balaban J connectivity index is 2.33. The zero-order chi connectivity index (χ0) is 20.9. The van der Waals surface area contributed by atoms with Gasteiger partial charge in [-0.05, 0) is 33.1 Å². The third-order valence-electron chi connectivity index (χ3n) is 5.40. The predicted octanol–water partition coefficient (Wildman–Crippen LogP) is 4.34. The third-order valence-corrected chi connectivity index (χ3v) is 5.40. The summed E-state index contributed by atoms with van der Waals surface area (Å²) in [5.74, 6) is -0.357. The van der Waals surface area contributed by atoms with E-state index in [1.54, 1.807) is 6.08 Å². The van der Waals surface area contributed by atoms with Crippen LogP contribution >= 0.6 is 0 Å². The number of aliphatic hydroxyl groups is 2. The number of unbranched alkanes of at least 4 members (excludes halogenated alkanes) is 5. The van der Waals surface area contributed by atoms with Gasteiger partial charge in [-0.3, -0.25) is 9.59 Å². The summed E-state index contributed by atoms with van der Waals surface area (Å²) in [7, 11) is 0. The van der Waals surface area contributed by atoms with Crippen molar-refractivity contribution in [2.45, 2.75) is 110 Å². The third kappa shape index (κ3) is 9.83. The van der Waals surface area contributed by atoms with Gasteiger partial charge in [-0.25, -0.2) is 0 Å². The van der Waals surface area contributed by atoms with Crippen LogP contribution in [0.5, 0.6) is 0 Å². The summed E-state index contributed by atoms with van der Waals surface area (Å²) >= 11 is 0. The van der Waals surface area contributed by atoms with Gasteiger partial charge in [-0.2, -0.15) is 0 Å². The van der Waals surface area contributed by atoms with Gasteiger partial charge in [0.25, 0.3) is 0 Å². The molecule has 0 heterocycles. The molecule has 0 spiro atoms. The molecule has 0 bridgehead atoms. The number of carbonyl (C=O) groups is 2. The van der Waals surface area contributed by atoms with Gasteiger partial charge in [0.1, 0.15) is 5.78 Å². The lowest BCUT2D eigenvalue weighted by Gasteiger charge is -2.18. The lowest BCUT2D eigenvalue weighted by Crippen LogP contribution is -2.19. The molecule has 1 saturated carbocycles. The Bertz CT molecular complexity index is 485. The van der Waals surface area contributed by atoms with Gasteiger partial charge in [-0.15, -0.1) is 0 Å². The summed E-state index contributed by atoms with van der Waals surface area (Å²) in [6.07, 6.45) is 11.4. The second-order valence-corrected chi connectivity index (χ2v) is 8.36. The van der Waals surface area contributed by atoms with Crippen LogP contribution < -0.4 is 0 Å². The summed E-state index contributed by atoms with van der Waals surface area (Å²) in [6, 6.07) is 0. The number of ketones is 1. The van der Waals surface area contributed by atoms with Gasteiger partial charge in [-0.1, -0.05) is 57.6 Å². The fourth-order valence-electron chi connectivity index (χ4n) is 3.86. The van der Waals surface area contributed by atoms with Crippen molar-refractivity contribution in [3.63, 3.8) is 0 Å². The van der Waals surface area contributed by atoms with Crippen LogP contribution in [-0.2, 0) is 14.3 Å². The molecule has 2 N–H and O–H groups in total. The van der Waals surface area contributed by atoms with E-state index < -0.39 is 12.2 Å². The zero-order valence-electron chi connectivity index (χ0n) is 17.9. The second kappa shape index (κ2) is 13.9. The molecule has 1 aliphatic rings. The molecule has 1 aliphatic carbocycles. The molecule has 4 atom stereocenters. The number of hydrogen-bond donors (Lipinski definition) is 2. The normalized spacial score (nSPS) is 23.6. The van der Waals surface area contributed by atoms with E-state index >= 15 is 0 Å². The van der Waals surface area contributed by atoms with E-state index in [0.717, 1.165) is 57.8 Å². The fraction of sp³-hybridized carbons (Fsp3) is 0.826. The van der Waals surface area contributed by atoms with Crippen LogP contribution in [0.4, 0.5) is 0 Å². The van der Waals surface area contributed by atoms with Crippen LogP contribution in [0.15, 0.2) is 12.2 Å². The van der Waals surface area contributed by atoms with Crippen molar-refractivity contribution in [1.82, 2.24) is 0 Å². The molecule has 0 aromatic carbocycles. The van der Waals surface area contributed by atoms with Gasteiger partial charge in [0.2, 0.25) is 0 Å². The highest BCUT2D eigenvalue weighted by atomic mass is 16.5. The van der Waals surface area contributed by atoms with Crippen LogP contribution in [0.1, 0.15) is 91.4 Å². The molecule has 1 rings (SSSR count). The highest BCUT2D eigenvalue weighted by molar-refractivity contribution is 5.84. The fourth-order valence-corrected chi connectivity index (χ4v) is 3.86. The minimum atomic E-state index is -0.637. The van der Waals surface area contributed by atoms with E-state index in [-0.39, 0.29) is 36.1 Å². The molecule has 0 aromatic rings. The highest BCUT2D eigenvalue weighted by Crippen LogP contribution is 2.34. The van der Waals surface area contributed by atoms with E-state index in [9.17, 15) is 19.8 Å². The lowest BCUT2D eigenvalue weighted by molar-refractivity contribution is -0.147. The van der Waals surface area contributed by atoms with Gasteiger partial charge < -0.3 is 14.9 Å². The smallest absolute Gasteiger partial charge is 0.306 e. The monoisotopic (exact) mass is 396 g/mol. The number of aliphatic hydroxyl groups excluding tert-OH is 2. The highest BCUT2D eigenvalue weighted by Gasteiger charge is 2.39. The van der Waals surface area contributed by atoms with Crippen molar-refractivity contribution >= 4 is 11.8 Å². The van der Waals surface area contributed by atoms with Crippen molar-refractivity contribution < 1.29 is 24.5 Å². The second-order valence-electron chi connectivity index (χ2n) is 8.36. The topological polar surface area (TPSA) is 83.8 Å². The predicted molar refractivity (Wildman–Crippen MR) is 111 cm³/mol. The average Bonchev–Trinajstić information content (AvgIpc) is 2.88. The number of ether oxygens (including phenoxy) is 1. The van der Waals surface area contributed by atoms with Crippen molar-refractivity contribution in [3.05, 3.63) is 12.2 Å². The van der Waals surface area contributed by atoms with E-state index in [1.165, 1.54) is 0 Å². The number of esters is 1. The van der Waals surface area contributed by atoms with Gasteiger partial charge >= 0.3 is 5.97 Å². The summed E-state index contributed by atoms with van der Waals surface area (Å²) in [5, 5.41) is 20.3. The Morgan fingerprint density at radius 1 is 1.18 bits per heavy atom. The maximum atomic E-state index is 12.2. The van der Waals surface area contributed by atoms with Crippen LogP contribution in [-0.4, -0.2) is 40.3 Å². The number of Topliss-reactive ketones (excluding diaryl/α,β-unsaturated/α-hetero) is 1. The molecule has 0 aliphatic heterocycles. The average molecular weight is 397 g/mol. The molecule has 0 unspecified atom stereocenters. The van der Waals surface area contributed by atoms with Crippen LogP contribution in [0.3, 0.4) is 0 Å². The van der Waals surface area contributed by atoms with E-state index in [1.807, 2.05) is 19.9 Å². The maximum absolute atomic E-state index is 12.2. The number of hydrogen-bond acceptors (Lipinski definition) is 5. The van der Waals surface area contributed by atoms with Crippen LogP contribution in [0, 0.1) is 11.8 Å². The molecular formula is C23H40O5. The first-order chi connectivity index (χ1) is 13.3. The minimum absolute atomic E-state index is 0.0672. The molecule has 28 heavy (non-hydrogen) atoms. The first-order valence-electron chi connectivity index (χ1n) is 11.1. The molecule has 162 valence electrons. The van der Waals surface area contributed by atoms with E-state index in [2.05, 4.69) is 6.92 Å². The summed E-state index contributed by atoms with van der Waals surface area (Å²) in [4.78, 5) is 23.7. The maximum Gasteiger partial charge on any atom is 0.306 e. The molecule has 1 fully saturated rings. The van der Waals surface area contributed by atoms with Gasteiger partial charge in [0.05, 0.1) is 18.3 Å². The Hall–Kier alpha value is -1.20. The number of carbonyl (C=O) groups excluding carboxylic acids is 2. The minimum Gasteiger partial charge on any atom is -0.463 e. The van der Waals surface area contributed by atoms with Crippen molar-refractivity contribution in [3.8, 4) is 0 Å². The molecule has 0 radical (unpaired) electrons. The lowest BCUT2D eigenvalue weighted by atomic mass is 9.88. The van der Waals surface area contributed by atoms with E-state index in [0.29, 0.717) is 6.42 Å². The number of rotatable bonds is 14. The molecular weight excluding hydrogens is 356 g/mol. The standard InChI is InChI=1S/C23H40O5/c1-4-5-8-11-18(24)14-15-20-19(21(25)16-22(20)26)12-9-6-7-10-13-23(27)28-17(2)3/h14-15,17-20,22,24,26H,4-13,16H2,1-3H3/t18-,19+,20+,22+/m0/s1.